The van der Waals surface area contributed by atoms with Crippen LogP contribution in [0.2, 0.25) is 0 Å². The fourth-order valence-corrected chi connectivity index (χ4v) is 3.64. The van der Waals surface area contributed by atoms with E-state index in [-0.39, 0.29) is 17.8 Å². The summed E-state index contributed by atoms with van der Waals surface area (Å²) in [6.45, 7) is 1.88. The van der Waals surface area contributed by atoms with Crippen LogP contribution in [-0.2, 0) is 0 Å². The van der Waals surface area contributed by atoms with Gasteiger partial charge < -0.3 is 19.4 Å². The van der Waals surface area contributed by atoms with Gasteiger partial charge in [0.05, 0.1) is 11.6 Å². The van der Waals surface area contributed by atoms with Crippen molar-refractivity contribution in [1.29, 1.82) is 5.26 Å². The quantitative estimate of drug-likeness (QED) is 0.335. The van der Waals surface area contributed by atoms with Crippen LogP contribution >= 0.6 is 0 Å². The zero-order chi connectivity index (χ0) is 25.9. The maximum absolute atomic E-state index is 12.4. The van der Waals surface area contributed by atoms with Gasteiger partial charge in [0.1, 0.15) is 22.8 Å². The maximum Gasteiger partial charge on any atom is 0.327 e. The highest BCUT2D eigenvalue weighted by atomic mass is 16.5. The summed E-state index contributed by atoms with van der Waals surface area (Å²) < 4.78 is 12.1. The zero-order valence-corrected chi connectivity index (χ0v) is 20.4. The molecule has 0 saturated carbocycles. The van der Waals surface area contributed by atoms with Crippen LogP contribution in [0.4, 0.5) is 0 Å². The first kappa shape index (κ1) is 23.5. The van der Waals surface area contributed by atoms with Gasteiger partial charge in [-0.1, -0.05) is 42.5 Å². The number of aryl methyl sites for hydroxylation is 1. The van der Waals surface area contributed by atoms with Crippen molar-refractivity contribution < 1.29 is 14.3 Å². The van der Waals surface area contributed by atoms with Crippen molar-refractivity contribution in [2.45, 2.75) is 6.92 Å². The Kier molecular flexibility index (Phi) is 6.22. The minimum Gasteiger partial charge on any atom is -0.437 e. The Bertz CT molecular complexity index is 1650. The van der Waals surface area contributed by atoms with Gasteiger partial charge in [-0.2, -0.15) is 15.2 Å². The molecule has 1 N–H and O–H groups in total. The summed E-state index contributed by atoms with van der Waals surface area (Å²) in [4.78, 5) is 30.7. The number of rotatable bonds is 6. The molecule has 182 valence electrons. The van der Waals surface area contributed by atoms with Gasteiger partial charge in [0.2, 0.25) is 0 Å². The SMILES string of the molecule is Cc1ccc(C#N)cc1Oc1nc(Oc2cccc(C(=O)N(C)C)c2)nc2nc(-c3ccccc3)[nH]c12. The van der Waals surface area contributed by atoms with E-state index < -0.39 is 0 Å². The van der Waals surface area contributed by atoms with Crippen molar-refractivity contribution in [2.75, 3.05) is 14.1 Å². The highest BCUT2D eigenvalue weighted by Crippen LogP contribution is 2.33. The number of H-pyrrole nitrogens is 1. The Morgan fingerprint density at radius 2 is 1.76 bits per heavy atom. The molecule has 9 heteroatoms. The third-order valence-corrected chi connectivity index (χ3v) is 5.56. The van der Waals surface area contributed by atoms with Gasteiger partial charge in [0.15, 0.2) is 5.65 Å². The second-order valence-electron chi connectivity index (χ2n) is 8.48. The number of amides is 1. The van der Waals surface area contributed by atoms with E-state index >= 15 is 0 Å². The van der Waals surface area contributed by atoms with Gasteiger partial charge in [-0.05, 0) is 42.8 Å². The van der Waals surface area contributed by atoms with Gasteiger partial charge in [-0.15, -0.1) is 0 Å². The fraction of sp³-hybridized carbons (Fsp3) is 0.107. The number of imidazole rings is 1. The Hall–Kier alpha value is -5.23. The van der Waals surface area contributed by atoms with Gasteiger partial charge in [0, 0.05) is 25.2 Å². The van der Waals surface area contributed by atoms with Crippen molar-refractivity contribution in [3.8, 4) is 40.8 Å². The molecule has 5 rings (SSSR count). The van der Waals surface area contributed by atoms with Crippen LogP contribution in [0.3, 0.4) is 0 Å². The highest BCUT2D eigenvalue weighted by Gasteiger charge is 2.18. The summed E-state index contributed by atoms with van der Waals surface area (Å²) in [6, 6.07) is 23.7. The Morgan fingerprint density at radius 3 is 2.51 bits per heavy atom. The molecule has 1 amide bonds. The summed E-state index contributed by atoms with van der Waals surface area (Å²) >= 11 is 0. The van der Waals surface area contributed by atoms with Crippen molar-refractivity contribution in [2.24, 2.45) is 0 Å². The smallest absolute Gasteiger partial charge is 0.327 e. The normalized spacial score (nSPS) is 10.6. The minimum absolute atomic E-state index is 0.00263. The Labute approximate surface area is 213 Å². The van der Waals surface area contributed by atoms with Crippen LogP contribution < -0.4 is 9.47 Å². The standard InChI is InChI=1S/C28H22N6O3/c1-17-12-13-18(16-29)14-22(17)37-26-23-25(31-24(30-23)19-8-5-4-6-9-19)32-28(33-26)36-21-11-7-10-20(15-21)27(35)34(2)3/h4-15H,1-3H3,(H,30,31,32,33). The second-order valence-corrected chi connectivity index (χ2v) is 8.48. The number of benzene rings is 3. The lowest BCUT2D eigenvalue weighted by atomic mass is 10.1. The molecule has 5 aromatic rings. The molecule has 2 aromatic heterocycles. The molecule has 0 aliphatic rings. The van der Waals surface area contributed by atoms with E-state index in [0.717, 1.165) is 11.1 Å². The molecule has 37 heavy (non-hydrogen) atoms. The summed E-state index contributed by atoms with van der Waals surface area (Å²) in [7, 11) is 3.36. The minimum atomic E-state index is -0.154. The van der Waals surface area contributed by atoms with E-state index in [1.54, 1.807) is 56.6 Å². The van der Waals surface area contributed by atoms with Crippen molar-refractivity contribution >= 4 is 17.1 Å². The van der Waals surface area contributed by atoms with Crippen LogP contribution in [0, 0.1) is 18.3 Å². The van der Waals surface area contributed by atoms with Crippen LogP contribution in [0.15, 0.2) is 72.8 Å². The molecule has 0 aliphatic heterocycles. The molecule has 0 spiro atoms. The molecular formula is C28H22N6O3. The topological polar surface area (TPSA) is 117 Å². The first-order valence-corrected chi connectivity index (χ1v) is 11.4. The van der Waals surface area contributed by atoms with E-state index in [4.69, 9.17) is 9.47 Å². The van der Waals surface area contributed by atoms with E-state index in [1.807, 2.05) is 37.3 Å². The molecule has 3 aromatic carbocycles. The number of fused-ring (bicyclic) bond motifs is 1. The number of aromatic amines is 1. The Balaban J connectivity index is 1.59. The molecule has 9 nitrogen and oxygen atoms in total. The summed E-state index contributed by atoms with van der Waals surface area (Å²) in [5.74, 6) is 1.48. The number of nitrogens with one attached hydrogen (secondary N) is 1. The molecule has 0 unspecified atom stereocenters. The predicted octanol–water partition coefficient (Wildman–Crippen LogP) is 5.49. The number of aromatic nitrogens is 4. The van der Waals surface area contributed by atoms with E-state index in [0.29, 0.717) is 39.6 Å². The number of hydrogen-bond donors (Lipinski definition) is 1. The van der Waals surface area contributed by atoms with Crippen molar-refractivity contribution in [1.82, 2.24) is 24.8 Å². The van der Waals surface area contributed by atoms with Crippen LogP contribution in [0.1, 0.15) is 21.5 Å². The summed E-state index contributed by atoms with van der Waals surface area (Å²) in [5, 5.41) is 9.33. The van der Waals surface area contributed by atoms with Crippen LogP contribution in [0.5, 0.6) is 23.4 Å². The van der Waals surface area contributed by atoms with Crippen molar-refractivity contribution in [3.05, 3.63) is 89.5 Å². The first-order chi connectivity index (χ1) is 17.9. The monoisotopic (exact) mass is 490 g/mol. The number of ether oxygens (including phenoxy) is 2. The summed E-state index contributed by atoms with van der Waals surface area (Å²) in [6.07, 6.45) is 0. The second kappa shape index (κ2) is 9.79. The lowest BCUT2D eigenvalue weighted by Gasteiger charge is -2.12. The first-order valence-electron chi connectivity index (χ1n) is 11.4. The summed E-state index contributed by atoms with van der Waals surface area (Å²) in [5.41, 5.74) is 3.44. The highest BCUT2D eigenvalue weighted by molar-refractivity contribution is 5.94. The molecule has 0 aliphatic carbocycles. The lowest BCUT2D eigenvalue weighted by molar-refractivity contribution is 0.0827. The zero-order valence-electron chi connectivity index (χ0n) is 20.4. The third kappa shape index (κ3) is 4.94. The maximum atomic E-state index is 12.4. The predicted molar refractivity (Wildman–Crippen MR) is 138 cm³/mol. The molecule has 0 atom stereocenters. The van der Waals surface area contributed by atoms with Crippen LogP contribution in [-0.4, -0.2) is 44.8 Å². The molecule has 0 radical (unpaired) electrons. The number of nitrogens with zero attached hydrogens (tertiary/aromatic N) is 5. The van der Waals surface area contributed by atoms with E-state index in [2.05, 4.69) is 26.0 Å². The molecule has 0 fully saturated rings. The lowest BCUT2D eigenvalue weighted by Crippen LogP contribution is -2.21. The van der Waals surface area contributed by atoms with E-state index in [9.17, 15) is 10.1 Å². The molecule has 2 heterocycles. The van der Waals surface area contributed by atoms with Gasteiger partial charge in [-0.25, -0.2) is 4.98 Å². The number of hydrogen-bond acceptors (Lipinski definition) is 7. The fourth-order valence-electron chi connectivity index (χ4n) is 3.64. The van der Waals surface area contributed by atoms with Crippen LogP contribution in [0.25, 0.3) is 22.6 Å². The average molecular weight is 491 g/mol. The Morgan fingerprint density at radius 1 is 0.946 bits per heavy atom. The number of carbonyl (C=O) groups excluding carboxylic acids is 1. The van der Waals surface area contributed by atoms with E-state index in [1.165, 1.54) is 4.90 Å². The third-order valence-electron chi connectivity index (χ3n) is 5.56. The number of nitriles is 1. The van der Waals surface area contributed by atoms with Gasteiger partial charge in [-0.3, -0.25) is 4.79 Å². The molecule has 0 saturated heterocycles. The largest absolute Gasteiger partial charge is 0.437 e. The average Bonchev–Trinajstić information content (AvgIpc) is 3.34. The number of carbonyl (C=O) groups is 1. The molecule has 0 bridgehead atoms. The van der Waals surface area contributed by atoms with Crippen molar-refractivity contribution in [3.63, 3.8) is 0 Å². The molecular weight excluding hydrogens is 468 g/mol. The van der Waals surface area contributed by atoms with Gasteiger partial charge in [0.25, 0.3) is 11.8 Å². The van der Waals surface area contributed by atoms with Gasteiger partial charge >= 0.3 is 6.01 Å².